The van der Waals surface area contributed by atoms with Gasteiger partial charge in [0.2, 0.25) is 0 Å². The number of anilines is 2. The Balaban J connectivity index is 1.59. The Kier molecular flexibility index (Phi) is 5.72. The third-order valence-electron chi connectivity index (χ3n) is 6.44. The molecule has 1 aromatic carbocycles. The number of amides is 1. The predicted molar refractivity (Wildman–Crippen MR) is 120 cm³/mol. The van der Waals surface area contributed by atoms with E-state index in [1.54, 1.807) is 6.07 Å². The number of carbonyl (C=O) groups is 1. The molecule has 1 fully saturated rings. The van der Waals surface area contributed by atoms with Crippen LogP contribution in [-0.4, -0.2) is 41.7 Å². The fourth-order valence-corrected chi connectivity index (χ4v) is 4.36. The highest BCUT2D eigenvalue weighted by atomic mass is 19.4. The predicted octanol–water partition coefficient (Wildman–Crippen LogP) is 3.00. The Morgan fingerprint density at radius 2 is 1.88 bits per heavy atom. The second-order valence-electron chi connectivity index (χ2n) is 9.55. The van der Waals surface area contributed by atoms with Crippen LogP contribution in [0.25, 0.3) is 6.08 Å². The molecule has 2 aromatic rings. The molecule has 2 heterocycles. The fraction of sp³-hybridized carbons (Fsp3) is 0.458. The number of nitrogens with one attached hydrogen (secondary N) is 1. The van der Waals surface area contributed by atoms with E-state index >= 15 is 0 Å². The van der Waals surface area contributed by atoms with E-state index in [2.05, 4.69) is 16.4 Å². The van der Waals surface area contributed by atoms with Gasteiger partial charge in [-0.15, -0.1) is 0 Å². The molecule has 2 N–H and O–H groups in total. The number of halogens is 3. The highest BCUT2D eigenvalue weighted by molar-refractivity contribution is 6.04. The Labute approximate surface area is 189 Å². The number of carbonyl (C=O) groups excluding carboxylic acids is 1. The summed E-state index contributed by atoms with van der Waals surface area (Å²) in [6.45, 7) is 3.66. The minimum atomic E-state index is -4.63. The molecule has 1 aliphatic carbocycles. The first-order valence-corrected chi connectivity index (χ1v) is 10.8. The highest BCUT2D eigenvalue weighted by Gasteiger charge is 2.42. The monoisotopic (exact) mass is 460 g/mol. The van der Waals surface area contributed by atoms with Gasteiger partial charge in [-0.3, -0.25) is 9.79 Å². The molecular weight excluding hydrogens is 433 g/mol. The van der Waals surface area contributed by atoms with Crippen molar-refractivity contribution in [1.29, 1.82) is 0 Å². The van der Waals surface area contributed by atoms with Crippen molar-refractivity contribution in [3.63, 3.8) is 0 Å². The Hall–Kier alpha value is -2.94. The number of pyridine rings is 1. The molecule has 0 saturated heterocycles. The summed E-state index contributed by atoms with van der Waals surface area (Å²) in [6.07, 6.45) is -0.783. The zero-order valence-electron chi connectivity index (χ0n) is 18.9. The molecule has 33 heavy (non-hydrogen) atoms. The van der Waals surface area contributed by atoms with Crippen molar-refractivity contribution in [2.75, 3.05) is 24.3 Å². The van der Waals surface area contributed by atoms with Gasteiger partial charge in [0.25, 0.3) is 5.91 Å². The zero-order chi connectivity index (χ0) is 24.1. The summed E-state index contributed by atoms with van der Waals surface area (Å²) in [5, 5.41) is 14.6. The third kappa shape index (κ3) is 4.73. The van der Waals surface area contributed by atoms with E-state index in [0.717, 1.165) is 35.6 Å². The number of hydrogen-bond donors (Lipinski definition) is 2. The van der Waals surface area contributed by atoms with Crippen LogP contribution in [0, 0.1) is 11.8 Å². The number of alkyl halides is 3. The van der Waals surface area contributed by atoms with Crippen molar-refractivity contribution in [3.8, 4) is 0 Å². The van der Waals surface area contributed by atoms with Gasteiger partial charge in [-0.05, 0) is 62.8 Å². The molecule has 1 saturated carbocycles. The molecular formula is C24H27F3N4O2. The number of aromatic nitrogens is 1. The van der Waals surface area contributed by atoms with E-state index < -0.39 is 23.4 Å². The van der Waals surface area contributed by atoms with E-state index in [1.807, 2.05) is 38.9 Å². The number of rotatable bonds is 5. The Bertz CT molecular complexity index is 1200. The van der Waals surface area contributed by atoms with Crippen molar-refractivity contribution in [2.45, 2.75) is 44.5 Å². The number of fused-ring (bicyclic) bond motifs is 1. The van der Waals surface area contributed by atoms with Gasteiger partial charge in [0.15, 0.2) is 0 Å². The quantitative estimate of drug-likeness (QED) is 0.719. The lowest BCUT2D eigenvalue weighted by molar-refractivity contribution is -0.141. The summed E-state index contributed by atoms with van der Waals surface area (Å²) in [5.74, 6) is -0.117. The van der Waals surface area contributed by atoms with Crippen molar-refractivity contribution < 1.29 is 23.1 Å². The van der Waals surface area contributed by atoms with Crippen LogP contribution in [0.4, 0.5) is 24.5 Å². The van der Waals surface area contributed by atoms with Gasteiger partial charge >= 0.3 is 6.18 Å². The molecule has 1 aliphatic heterocycles. The van der Waals surface area contributed by atoms with Crippen molar-refractivity contribution in [1.82, 2.24) is 4.98 Å². The zero-order valence-corrected chi connectivity index (χ0v) is 18.9. The lowest BCUT2D eigenvalue weighted by Gasteiger charge is -2.44. The molecule has 1 unspecified atom stereocenters. The fourth-order valence-electron chi connectivity index (χ4n) is 4.36. The van der Waals surface area contributed by atoms with Crippen LogP contribution >= 0.6 is 0 Å². The number of nitrogens with zero attached hydrogens (tertiary/aromatic N) is 3. The first kappa shape index (κ1) is 23.2. The van der Waals surface area contributed by atoms with Gasteiger partial charge in [0.1, 0.15) is 11.4 Å². The van der Waals surface area contributed by atoms with E-state index in [4.69, 9.17) is 4.99 Å². The van der Waals surface area contributed by atoms with Crippen LogP contribution in [0.15, 0.2) is 35.3 Å². The van der Waals surface area contributed by atoms with E-state index in [-0.39, 0.29) is 17.7 Å². The van der Waals surface area contributed by atoms with Crippen LogP contribution in [-0.2, 0) is 6.18 Å². The molecule has 176 valence electrons. The van der Waals surface area contributed by atoms with Crippen molar-refractivity contribution >= 4 is 23.4 Å². The minimum Gasteiger partial charge on any atom is -0.390 e. The van der Waals surface area contributed by atoms with Gasteiger partial charge in [-0.25, -0.2) is 4.98 Å². The summed E-state index contributed by atoms with van der Waals surface area (Å²) < 4.78 is 38.9. The second-order valence-corrected chi connectivity index (χ2v) is 9.55. The summed E-state index contributed by atoms with van der Waals surface area (Å²) in [6, 6.07) is 6.91. The first-order valence-electron chi connectivity index (χ1n) is 10.8. The van der Waals surface area contributed by atoms with Crippen LogP contribution in [0.2, 0.25) is 0 Å². The molecule has 0 radical (unpaired) electrons. The Morgan fingerprint density at radius 3 is 2.48 bits per heavy atom. The molecule has 1 amide bonds. The summed E-state index contributed by atoms with van der Waals surface area (Å²) in [4.78, 5) is 22.8. The molecule has 1 atom stereocenters. The van der Waals surface area contributed by atoms with E-state index in [0.29, 0.717) is 17.3 Å². The van der Waals surface area contributed by atoms with Crippen LogP contribution in [0.5, 0.6) is 0 Å². The standard InChI is InChI=1S/C24H27F3N4O2/c1-23(2,33)15-8-13(9-15)17-10-14-11-19(20(31(3)4)12-18(14)28-17)30-22(32)16-6-5-7-21(29-16)24(25,26)27/h5-7,10-13,15,17,33H,8-9H2,1-4H3,(H,30,32)/t13-,15-,17?. The molecule has 0 spiro atoms. The smallest absolute Gasteiger partial charge is 0.390 e. The number of aliphatic hydroxyl groups is 1. The molecule has 1 aromatic heterocycles. The average molecular weight is 461 g/mol. The highest BCUT2D eigenvalue weighted by Crippen LogP contribution is 2.43. The molecule has 9 heteroatoms. The maximum absolute atomic E-state index is 13.0. The van der Waals surface area contributed by atoms with Crippen molar-refractivity contribution in [3.05, 3.63) is 52.3 Å². The Morgan fingerprint density at radius 1 is 1.18 bits per heavy atom. The molecule has 0 bridgehead atoms. The number of benzene rings is 1. The molecule has 4 rings (SSSR count). The van der Waals surface area contributed by atoms with Gasteiger partial charge in [-0.1, -0.05) is 12.1 Å². The largest absolute Gasteiger partial charge is 0.433 e. The minimum absolute atomic E-state index is 0.00435. The van der Waals surface area contributed by atoms with E-state index in [9.17, 15) is 23.1 Å². The lowest BCUT2D eigenvalue weighted by Crippen LogP contribution is -2.43. The SMILES string of the molecule is CN(C)c1cc2c(cc1NC(=O)c1cccc(C(F)(F)F)n1)=CC([C@H]1C[C@H](C(C)(C)O)C1)N=2. The summed E-state index contributed by atoms with van der Waals surface area (Å²) in [5.41, 5.74) is -0.965. The maximum atomic E-state index is 13.0. The topological polar surface area (TPSA) is 77.8 Å². The van der Waals surface area contributed by atoms with Gasteiger partial charge in [0, 0.05) is 19.3 Å². The lowest BCUT2D eigenvalue weighted by atomic mass is 9.65. The van der Waals surface area contributed by atoms with Gasteiger partial charge in [0.05, 0.1) is 28.4 Å². The van der Waals surface area contributed by atoms with Crippen LogP contribution in [0.1, 0.15) is 42.9 Å². The average Bonchev–Trinajstić information content (AvgIpc) is 3.06. The maximum Gasteiger partial charge on any atom is 0.433 e. The first-order chi connectivity index (χ1) is 15.3. The van der Waals surface area contributed by atoms with Crippen molar-refractivity contribution in [2.24, 2.45) is 16.8 Å². The number of hydrogen-bond acceptors (Lipinski definition) is 5. The van der Waals surface area contributed by atoms with Gasteiger partial charge < -0.3 is 15.3 Å². The normalized spacial score (nSPS) is 22.0. The third-order valence-corrected chi connectivity index (χ3v) is 6.44. The second kappa shape index (κ2) is 8.13. The molecule has 6 nitrogen and oxygen atoms in total. The summed E-state index contributed by atoms with van der Waals surface area (Å²) >= 11 is 0. The summed E-state index contributed by atoms with van der Waals surface area (Å²) in [7, 11) is 3.63. The molecule has 2 aliphatic rings. The van der Waals surface area contributed by atoms with E-state index in [1.165, 1.54) is 6.07 Å². The van der Waals surface area contributed by atoms with Gasteiger partial charge in [-0.2, -0.15) is 13.2 Å². The van der Waals surface area contributed by atoms with Crippen LogP contribution in [0.3, 0.4) is 0 Å². The van der Waals surface area contributed by atoms with Crippen LogP contribution < -0.4 is 20.8 Å².